The van der Waals surface area contributed by atoms with Gasteiger partial charge in [0.05, 0.1) is 6.20 Å². The Morgan fingerprint density at radius 3 is 2.36 bits per heavy atom. The maximum Gasteiger partial charge on any atom is 0.294 e. The van der Waals surface area contributed by atoms with Crippen molar-refractivity contribution >= 4 is 11.7 Å². The van der Waals surface area contributed by atoms with E-state index < -0.39 is 11.7 Å². The molecule has 1 aliphatic rings. The zero-order valence-electron chi connectivity index (χ0n) is 15.9. The van der Waals surface area contributed by atoms with Gasteiger partial charge in [0.1, 0.15) is 0 Å². The summed E-state index contributed by atoms with van der Waals surface area (Å²) in [6.07, 6.45) is 3.51. The van der Waals surface area contributed by atoms with Gasteiger partial charge in [-0.15, -0.1) is 0 Å². The Balaban J connectivity index is 1.46. The second-order valence-corrected chi connectivity index (χ2v) is 7.27. The van der Waals surface area contributed by atoms with E-state index in [2.05, 4.69) is 29.3 Å². The molecular weight excluding hydrogens is 350 g/mol. The van der Waals surface area contributed by atoms with Crippen molar-refractivity contribution in [3.05, 3.63) is 77.6 Å². The van der Waals surface area contributed by atoms with E-state index in [4.69, 9.17) is 0 Å². The van der Waals surface area contributed by atoms with Crippen LogP contribution in [0.1, 0.15) is 40.4 Å². The van der Waals surface area contributed by atoms with Crippen LogP contribution >= 0.6 is 0 Å². The van der Waals surface area contributed by atoms with Crippen molar-refractivity contribution in [2.24, 2.45) is 0 Å². The lowest BCUT2D eigenvalue weighted by molar-refractivity contribution is -0.127. The van der Waals surface area contributed by atoms with Crippen LogP contribution in [0.4, 0.5) is 0 Å². The Morgan fingerprint density at radius 1 is 0.964 bits per heavy atom. The van der Waals surface area contributed by atoms with Crippen molar-refractivity contribution in [1.29, 1.82) is 0 Å². The number of aryl methyl sites for hydroxylation is 1. The normalized spacial score (nSPS) is 14.8. The molecule has 5 heteroatoms. The molecule has 0 saturated carbocycles. The lowest BCUT2D eigenvalue weighted by Gasteiger charge is -2.31. The molecule has 0 spiro atoms. The second-order valence-electron chi connectivity index (χ2n) is 7.27. The summed E-state index contributed by atoms with van der Waals surface area (Å²) in [5.74, 6) is -0.539. The summed E-state index contributed by atoms with van der Waals surface area (Å²) in [5, 5.41) is 7.45. The number of rotatable bonds is 4. The molecule has 3 aromatic rings. The van der Waals surface area contributed by atoms with E-state index in [1.807, 2.05) is 24.4 Å². The SMILES string of the molecule is Cc1ccccc1-c1cn[nH]c1C1CCN(C(=O)C(=O)c2ccccc2)CC1. The second kappa shape index (κ2) is 7.80. The fourth-order valence-electron chi connectivity index (χ4n) is 3.92. The summed E-state index contributed by atoms with van der Waals surface area (Å²) in [4.78, 5) is 26.7. The molecule has 5 nitrogen and oxygen atoms in total. The number of ketones is 1. The van der Waals surface area contributed by atoms with Crippen LogP contribution in [0.3, 0.4) is 0 Å². The number of hydrogen-bond donors (Lipinski definition) is 1. The average molecular weight is 373 g/mol. The molecule has 4 rings (SSSR count). The van der Waals surface area contributed by atoms with Gasteiger partial charge in [0, 0.05) is 35.8 Å². The minimum absolute atomic E-state index is 0.299. The van der Waals surface area contributed by atoms with Gasteiger partial charge in [0.25, 0.3) is 5.91 Å². The van der Waals surface area contributed by atoms with Crippen molar-refractivity contribution in [3.8, 4) is 11.1 Å². The number of carbonyl (C=O) groups is 2. The quantitative estimate of drug-likeness (QED) is 0.556. The van der Waals surface area contributed by atoms with E-state index in [1.54, 1.807) is 29.2 Å². The van der Waals surface area contributed by atoms with Crippen LogP contribution in [0.15, 0.2) is 60.8 Å². The van der Waals surface area contributed by atoms with Gasteiger partial charge in [0.15, 0.2) is 0 Å². The predicted octanol–water partition coefficient (Wildman–Crippen LogP) is 3.97. The van der Waals surface area contributed by atoms with Crippen LogP contribution in [0, 0.1) is 6.92 Å². The maximum atomic E-state index is 12.6. The molecule has 0 atom stereocenters. The third-order valence-electron chi connectivity index (χ3n) is 5.52. The van der Waals surface area contributed by atoms with E-state index in [9.17, 15) is 9.59 Å². The van der Waals surface area contributed by atoms with Gasteiger partial charge >= 0.3 is 0 Å². The minimum atomic E-state index is -0.429. The largest absolute Gasteiger partial charge is 0.336 e. The zero-order valence-corrected chi connectivity index (χ0v) is 15.9. The van der Waals surface area contributed by atoms with Gasteiger partial charge in [0.2, 0.25) is 5.78 Å². The molecule has 28 heavy (non-hydrogen) atoms. The number of aromatic amines is 1. The number of H-pyrrole nitrogens is 1. The number of aromatic nitrogens is 2. The molecule has 0 unspecified atom stereocenters. The summed E-state index contributed by atoms with van der Waals surface area (Å²) in [7, 11) is 0. The van der Waals surface area contributed by atoms with Crippen LogP contribution in [0.5, 0.6) is 0 Å². The zero-order chi connectivity index (χ0) is 19.5. The van der Waals surface area contributed by atoms with E-state index >= 15 is 0 Å². The molecule has 0 aliphatic carbocycles. The number of Topliss-reactive ketones (excluding diaryl/α,β-unsaturated/α-hetero) is 1. The number of nitrogens with zero attached hydrogens (tertiary/aromatic N) is 2. The molecule has 0 bridgehead atoms. The number of amides is 1. The molecule has 1 amide bonds. The Morgan fingerprint density at radius 2 is 1.64 bits per heavy atom. The van der Waals surface area contributed by atoms with Gasteiger partial charge in [-0.05, 0) is 30.9 Å². The van der Waals surface area contributed by atoms with Crippen LogP contribution in [-0.4, -0.2) is 39.9 Å². The molecule has 1 saturated heterocycles. The fourth-order valence-corrected chi connectivity index (χ4v) is 3.92. The number of likely N-dealkylation sites (tertiary alicyclic amines) is 1. The number of hydrogen-bond acceptors (Lipinski definition) is 3. The first-order valence-corrected chi connectivity index (χ1v) is 9.63. The highest BCUT2D eigenvalue weighted by Gasteiger charge is 2.30. The molecule has 0 radical (unpaired) electrons. The highest BCUT2D eigenvalue weighted by Crippen LogP contribution is 2.35. The van der Waals surface area contributed by atoms with E-state index in [-0.39, 0.29) is 0 Å². The molecular formula is C23H23N3O2. The van der Waals surface area contributed by atoms with Gasteiger partial charge in [-0.3, -0.25) is 14.7 Å². The third kappa shape index (κ3) is 3.48. The first kappa shape index (κ1) is 18.2. The van der Waals surface area contributed by atoms with Gasteiger partial charge in [-0.1, -0.05) is 54.6 Å². The van der Waals surface area contributed by atoms with E-state index in [0.29, 0.717) is 24.6 Å². The van der Waals surface area contributed by atoms with Crippen molar-refractivity contribution in [2.75, 3.05) is 13.1 Å². The molecule has 1 N–H and O–H groups in total. The lowest BCUT2D eigenvalue weighted by Crippen LogP contribution is -2.41. The monoisotopic (exact) mass is 373 g/mol. The van der Waals surface area contributed by atoms with Crippen LogP contribution in [0.25, 0.3) is 11.1 Å². The summed E-state index contributed by atoms with van der Waals surface area (Å²) < 4.78 is 0. The van der Waals surface area contributed by atoms with E-state index in [1.165, 1.54) is 11.1 Å². The smallest absolute Gasteiger partial charge is 0.294 e. The van der Waals surface area contributed by atoms with Crippen LogP contribution in [0.2, 0.25) is 0 Å². The van der Waals surface area contributed by atoms with Crippen molar-refractivity contribution in [2.45, 2.75) is 25.7 Å². The summed E-state index contributed by atoms with van der Waals surface area (Å²) >= 11 is 0. The summed E-state index contributed by atoms with van der Waals surface area (Å²) in [6.45, 7) is 3.26. The Hall–Kier alpha value is -3.21. The molecule has 1 aromatic heterocycles. The van der Waals surface area contributed by atoms with Gasteiger partial charge < -0.3 is 4.90 Å². The lowest BCUT2D eigenvalue weighted by atomic mass is 9.88. The number of carbonyl (C=O) groups excluding carboxylic acids is 2. The highest BCUT2D eigenvalue weighted by molar-refractivity contribution is 6.42. The topological polar surface area (TPSA) is 66.1 Å². The van der Waals surface area contributed by atoms with Crippen molar-refractivity contribution < 1.29 is 9.59 Å². The summed E-state index contributed by atoms with van der Waals surface area (Å²) in [5.41, 5.74) is 5.10. The number of piperidine rings is 1. The van der Waals surface area contributed by atoms with Crippen molar-refractivity contribution in [3.63, 3.8) is 0 Å². The number of nitrogens with one attached hydrogen (secondary N) is 1. The maximum absolute atomic E-state index is 12.6. The van der Waals surface area contributed by atoms with E-state index in [0.717, 1.165) is 24.1 Å². The minimum Gasteiger partial charge on any atom is -0.336 e. The van der Waals surface area contributed by atoms with Crippen LogP contribution < -0.4 is 0 Å². The molecule has 1 aliphatic heterocycles. The molecule has 2 aromatic carbocycles. The highest BCUT2D eigenvalue weighted by atomic mass is 16.2. The van der Waals surface area contributed by atoms with Crippen LogP contribution in [-0.2, 0) is 4.79 Å². The van der Waals surface area contributed by atoms with Gasteiger partial charge in [-0.25, -0.2) is 0 Å². The molecule has 2 heterocycles. The molecule has 142 valence electrons. The Labute approximate surface area is 164 Å². The fraction of sp³-hybridized carbons (Fsp3) is 0.261. The average Bonchev–Trinajstić information content (AvgIpc) is 3.23. The third-order valence-corrected chi connectivity index (χ3v) is 5.52. The standard InChI is InChI=1S/C23H23N3O2/c1-16-7-5-6-10-19(16)20-15-24-25-21(20)17-11-13-26(14-12-17)23(28)22(27)18-8-3-2-4-9-18/h2-10,15,17H,11-14H2,1H3,(H,24,25). The molecule has 1 fully saturated rings. The predicted molar refractivity (Wildman–Crippen MR) is 108 cm³/mol. The summed E-state index contributed by atoms with van der Waals surface area (Å²) in [6, 6.07) is 17.0. The Kier molecular flexibility index (Phi) is 5.06. The first-order chi connectivity index (χ1) is 13.6. The van der Waals surface area contributed by atoms with Gasteiger partial charge in [-0.2, -0.15) is 5.10 Å². The Bertz CT molecular complexity index is 986. The number of benzene rings is 2. The van der Waals surface area contributed by atoms with Crippen molar-refractivity contribution in [1.82, 2.24) is 15.1 Å². The first-order valence-electron chi connectivity index (χ1n) is 9.63.